The van der Waals surface area contributed by atoms with Crippen molar-refractivity contribution in [2.24, 2.45) is 5.92 Å². The van der Waals surface area contributed by atoms with Gasteiger partial charge in [-0.15, -0.1) is 0 Å². The number of carbonyl (C=O) groups excluding carboxylic acids is 1. The summed E-state index contributed by atoms with van der Waals surface area (Å²) in [4.78, 5) is 11.8. The molecule has 0 aromatic carbocycles. The summed E-state index contributed by atoms with van der Waals surface area (Å²) in [6.45, 7) is 3.84. The molecular weight excluding hydrogens is 204 g/mol. The number of rotatable bonds is 1. The Balaban J connectivity index is 2.00. The number of piperidine rings is 1. The molecule has 1 aliphatic heterocycles. The number of carbonyl (C=O) groups is 1. The summed E-state index contributed by atoms with van der Waals surface area (Å²) in [5.74, 6) is 0.207. The van der Waals surface area contributed by atoms with E-state index in [-0.39, 0.29) is 12.0 Å². The summed E-state index contributed by atoms with van der Waals surface area (Å²) in [6, 6.07) is -0.257. The normalized spacial score (nSPS) is 38.6. The van der Waals surface area contributed by atoms with Gasteiger partial charge in [-0.05, 0) is 46.0 Å². The molecule has 2 N–H and O–H groups in total. The summed E-state index contributed by atoms with van der Waals surface area (Å²) in [5.41, 5.74) is -0.558. The molecule has 0 unspecified atom stereocenters. The number of hydrogen-bond acceptors (Lipinski definition) is 3. The van der Waals surface area contributed by atoms with E-state index in [1.165, 1.54) is 0 Å². The highest BCUT2D eigenvalue weighted by Gasteiger charge is 2.36. The van der Waals surface area contributed by atoms with Gasteiger partial charge in [-0.2, -0.15) is 0 Å². The van der Waals surface area contributed by atoms with Crippen LogP contribution in [0.15, 0.2) is 0 Å². The quantitative estimate of drug-likeness (QED) is 0.717. The topological polar surface area (TPSA) is 50.4 Å². The average molecular weight is 228 g/mol. The van der Waals surface area contributed by atoms with E-state index in [0.29, 0.717) is 0 Å². The van der Waals surface area contributed by atoms with Gasteiger partial charge < -0.3 is 15.4 Å². The Kier molecular flexibility index (Phi) is 2.46. The molecule has 16 heavy (non-hydrogen) atoms. The zero-order chi connectivity index (χ0) is 13.6. The van der Waals surface area contributed by atoms with E-state index in [9.17, 15) is 4.79 Å². The number of nitrogens with one attached hydrogen (secondary N) is 2. The maximum atomic E-state index is 11.8. The molecule has 4 nitrogen and oxygen atoms in total. The summed E-state index contributed by atoms with van der Waals surface area (Å²) in [6.07, 6.45) is 2.33. The summed E-state index contributed by atoms with van der Waals surface area (Å²) in [5, 5.41) is 5.66. The molecule has 0 aromatic heterocycles. The van der Waals surface area contributed by atoms with Crippen LogP contribution < -0.4 is 10.6 Å². The lowest BCUT2D eigenvalue weighted by Crippen LogP contribution is -2.51. The highest BCUT2D eigenvalue weighted by Crippen LogP contribution is 2.31. The second-order valence-electron chi connectivity index (χ2n) is 5.68. The molecule has 0 aromatic rings. The summed E-state index contributed by atoms with van der Waals surface area (Å²) in [7, 11) is 0. The minimum Gasteiger partial charge on any atom is -0.444 e. The van der Waals surface area contributed by atoms with Crippen molar-refractivity contribution in [2.75, 3.05) is 6.50 Å². The molecule has 1 aliphatic carbocycles. The van der Waals surface area contributed by atoms with E-state index < -0.39 is 24.2 Å². The van der Waals surface area contributed by atoms with E-state index in [0.717, 1.165) is 19.3 Å². The third-order valence-corrected chi connectivity index (χ3v) is 3.06. The van der Waals surface area contributed by atoms with Crippen LogP contribution >= 0.6 is 0 Å². The zero-order valence-electron chi connectivity index (χ0n) is 12.2. The molecule has 1 saturated carbocycles. The van der Waals surface area contributed by atoms with Crippen LogP contribution in [0.5, 0.6) is 0 Å². The van der Waals surface area contributed by atoms with E-state index >= 15 is 0 Å². The van der Waals surface area contributed by atoms with Gasteiger partial charge in [0, 0.05) is 21.3 Å². The Bertz CT molecular complexity index is 341. The van der Waals surface area contributed by atoms with Crippen LogP contribution in [0.1, 0.15) is 42.8 Å². The second-order valence-corrected chi connectivity index (χ2v) is 5.68. The second kappa shape index (κ2) is 4.24. The Morgan fingerprint density at radius 1 is 1.50 bits per heavy atom. The van der Waals surface area contributed by atoms with Crippen molar-refractivity contribution >= 4 is 6.09 Å². The third-order valence-electron chi connectivity index (χ3n) is 3.06. The average Bonchev–Trinajstić information content (AvgIpc) is 2.53. The Morgan fingerprint density at radius 2 is 2.25 bits per heavy atom. The van der Waals surface area contributed by atoms with Gasteiger partial charge >= 0.3 is 6.09 Å². The number of alkyl carbamates (subject to hydrolysis) is 1. The number of ether oxygens (including phenoxy) is 1. The highest BCUT2D eigenvalue weighted by atomic mass is 16.6. The lowest BCUT2D eigenvalue weighted by molar-refractivity contribution is 0.0479. The fourth-order valence-electron chi connectivity index (χ4n) is 2.36. The maximum absolute atomic E-state index is 11.8. The Labute approximate surface area is 99.9 Å². The Hall–Kier alpha value is -0.770. The molecule has 1 saturated heterocycles. The first-order valence-electron chi connectivity index (χ1n) is 6.94. The zero-order valence-corrected chi connectivity index (χ0v) is 10.2. The Morgan fingerprint density at radius 3 is 2.94 bits per heavy atom. The molecule has 4 heteroatoms. The van der Waals surface area contributed by atoms with E-state index in [2.05, 4.69) is 10.6 Å². The predicted octanol–water partition coefficient (Wildman–Crippen LogP) is 1.65. The molecule has 2 rings (SSSR count). The van der Waals surface area contributed by atoms with Gasteiger partial charge in [0.05, 0.1) is 0 Å². The molecule has 1 heterocycles. The maximum Gasteiger partial charge on any atom is 0.407 e. The molecular formula is C12H22N2O2. The van der Waals surface area contributed by atoms with Gasteiger partial charge in [-0.1, -0.05) is 0 Å². The van der Waals surface area contributed by atoms with Crippen LogP contribution in [-0.4, -0.2) is 30.3 Å². The van der Waals surface area contributed by atoms with Gasteiger partial charge in [-0.25, -0.2) is 4.79 Å². The smallest absolute Gasteiger partial charge is 0.407 e. The van der Waals surface area contributed by atoms with Crippen LogP contribution in [-0.2, 0) is 4.74 Å². The van der Waals surface area contributed by atoms with Gasteiger partial charge in [0.1, 0.15) is 5.60 Å². The standard InChI is InChI=1S/C12H22N2O2/c1-12(2,3)16-11(15)14-10-7-13-9-5-4-8(10)6-9/h8-10,13H,4-7H2,1-3H3,(H,14,15)/t8-,9+,10+/m1/s1/i7D2. The molecule has 2 bridgehead atoms. The van der Waals surface area contributed by atoms with Gasteiger partial charge in [0.25, 0.3) is 0 Å². The number of hydrogen-bond donors (Lipinski definition) is 2. The third kappa shape index (κ3) is 2.88. The minimum atomic E-state index is -1.55. The molecule has 0 spiro atoms. The van der Waals surface area contributed by atoms with Crippen molar-refractivity contribution < 1.29 is 12.3 Å². The molecule has 0 radical (unpaired) electrons. The largest absolute Gasteiger partial charge is 0.444 e. The minimum absolute atomic E-state index is 0.207. The van der Waals surface area contributed by atoms with Crippen molar-refractivity contribution in [3.63, 3.8) is 0 Å². The van der Waals surface area contributed by atoms with Gasteiger partial charge in [0.15, 0.2) is 0 Å². The van der Waals surface area contributed by atoms with Gasteiger partial charge in [0.2, 0.25) is 0 Å². The first kappa shape index (κ1) is 9.28. The molecule has 92 valence electrons. The van der Waals surface area contributed by atoms with Crippen molar-refractivity contribution in [1.29, 1.82) is 0 Å². The van der Waals surface area contributed by atoms with Crippen LogP contribution in [0.3, 0.4) is 0 Å². The summed E-state index contributed by atoms with van der Waals surface area (Å²) >= 11 is 0. The van der Waals surface area contributed by atoms with Crippen LogP contribution in [0.2, 0.25) is 0 Å². The molecule has 2 aliphatic rings. The first-order valence-corrected chi connectivity index (χ1v) is 5.94. The van der Waals surface area contributed by atoms with Crippen LogP contribution in [0.4, 0.5) is 4.79 Å². The summed E-state index contributed by atoms with van der Waals surface area (Å²) < 4.78 is 21.2. The van der Waals surface area contributed by atoms with Crippen molar-refractivity contribution in [1.82, 2.24) is 10.6 Å². The lowest BCUT2D eigenvalue weighted by atomic mass is 9.95. The van der Waals surface area contributed by atoms with Crippen LogP contribution in [0, 0.1) is 5.92 Å². The van der Waals surface area contributed by atoms with Crippen molar-refractivity contribution in [3.05, 3.63) is 0 Å². The lowest BCUT2D eigenvalue weighted by Gasteiger charge is -2.31. The fraction of sp³-hybridized carbons (Fsp3) is 0.917. The van der Waals surface area contributed by atoms with Crippen molar-refractivity contribution in [3.8, 4) is 0 Å². The predicted molar refractivity (Wildman–Crippen MR) is 62.3 cm³/mol. The van der Waals surface area contributed by atoms with E-state index in [1.807, 2.05) is 0 Å². The van der Waals surface area contributed by atoms with Gasteiger partial charge in [-0.3, -0.25) is 0 Å². The van der Waals surface area contributed by atoms with E-state index in [4.69, 9.17) is 7.48 Å². The molecule has 2 fully saturated rings. The fourth-order valence-corrected chi connectivity index (χ4v) is 2.36. The monoisotopic (exact) mass is 228 g/mol. The molecule has 3 atom stereocenters. The van der Waals surface area contributed by atoms with Crippen molar-refractivity contribution in [2.45, 2.75) is 57.7 Å². The SMILES string of the molecule is [2H]C1([2H])N[C@H]2CC[C@H](C2)[C@H]1NC(=O)OC(C)(C)C. The molecule has 1 amide bonds. The highest BCUT2D eigenvalue weighted by molar-refractivity contribution is 5.68. The number of amides is 1. The van der Waals surface area contributed by atoms with E-state index in [1.54, 1.807) is 20.8 Å². The van der Waals surface area contributed by atoms with Crippen LogP contribution in [0.25, 0.3) is 0 Å². The first-order chi connectivity index (χ1) is 8.17. The number of fused-ring (bicyclic) bond motifs is 2.